The van der Waals surface area contributed by atoms with Gasteiger partial charge in [0.25, 0.3) is 0 Å². The number of phenols is 3. The third-order valence-electron chi connectivity index (χ3n) is 8.53. The first-order chi connectivity index (χ1) is 22.8. The fourth-order valence-corrected chi connectivity index (χ4v) is 5.94. The smallest absolute Gasteiger partial charge is 0.161 e. The van der Waals surface area contributed by atoms with Crippen LogP contribution in [0.5, 0.6) is 23.0 Å². The highest BCUT2D eigenvalue weighted by Gasteiger charge is 2.18. The number of ketones is 1. The number of hydrogen-bond acceptors (Lipinski definition) is 7. The molecule has 0 saturated carbocycles. The van der Waals surface area contributed by atoms with E-state index in [-0.39, 0.29) is 35.8 Å². The number of nitrogens with one attached hydrogen (secondary N) is 1. The van der Waals surface area contributed by atoms with E-state index in [9.17, 15) is 20.1 Å². The van der Waals surface area contributed by atoms with E-state index in [0.717, 1.165) is 63.8 Å². The lowest BCUT2D eigenvalue weighted by Gasteiger charge is -2.21. The number of phenolic OH excluding ortho intramolecular Hbond substituents is 3. The molecule has 7 nitrogen and oxygen atoms in total. The van der Waals surface area contributed by atoms with Crippen molar-refractivity contribution in [1.29, 1.82) is 0 Å². The molecule has 4 aromatic rings. The maximum absolute atomic E-state index is 12.3. The number of unbranched alkanes of at least 4 members (excludes halogenated alkanes) is 3. The van der Waals surface area contributed by atoms with Gasteiger partial charge in [-0.05, 0) is 107 Å². The van der Waals surface area contributed by atoms with Gasteiger partial charge in [-0.3, -0.25) is 4.79 Å². The second kappa shape index (κ2) is 16.0. The van der Waals surface area contributed by atoms with Crippen LogP contribution in [0.25, 0.3) is 17.2 Å². The van der Waals surface area contributed by atoms with Crippen LogP contribution in [0.3, 0.4) is 0 Å². The minimum absolute atomic E-state index is 0.0393. The van der Waals surface area contributed by atoms with E-state index in [2.05, 4.69) is 18.3 Å². The van der Waals surface area contributed by atoms with Gasteiger partial charge in [0.1, 0.15) is 17.7 Å². The number of aromatic hydroxyl groups is 3. The molecule has 1 atom stereocenters. The second-order valence-corrected chi connectivity index (χ2v) is 12.0. The molecule has 0 spiro atoms. The summed E-state index contributed by atoms with van der Waals surface area (Å²) in [6.45, 7) is 2.44. The van der Waals surface area contributed by atoms with Crippen LogP contribution in [0.15, 0.2) is 91.1 Å². The predicted molar refractivity (Wildman–Crippen MR) is 187 cm³/mol. The summed E-state index contributed by atoms with van der Waals surface area (Å²) in [6.07, 6.45) is 13.5. The van der Waals surface area contributed by atoms with Crippen LogP contribution in [0.4, 0.5) is 0 Å². The maximum Gasteiger partial charge on any atom is 0.161 e. The van der Waals surface area contributed by atoms with Gasteiger partial charge in [0.15, 0.2) is 17.3 Å². The summed E-state index contributed by atoms with van der Waals surface area (Å²) < 4.78 is 6.08. The van der Waals surface area contributed by atoms with Gasteiger partial charge in [-0.1, -0.05) is 68.3 Å². The standard InChI is InChI=1S/C40H44N2O5/c1-2-3-4-5-6-7-32(43)14-8-27-10-18-37(46)38(26-27)47-23-21-30-13-19-36(45)35(39(30)29-11-15-33(44)16-12-29)25-28-9-17-34-31(24-28)20-22-42-40(34)41/h6-7,9-13,15-20,22,24,26,40,42,44-46H,2-5,8,14,21,23,25,41H2,1H3/b7-6+/t40-/m0/s1. The molecule has 0 fully saturated rings. The minimum Gasteiger partial charge on any atom is -0.508 e. The summed E-state index contributed by atoms with van der Waals surface area (Å²) in [4.78, 5) is 12.3. The molecule has 0 radical (unpaired) electrons. The Morgan fingerprint density at radius 3 is 2.51 bits per heavy atom. The Morgan fingerprint density at radius 1 is 0.915 bits per heavy atom. The number of fused-ring (bicyclic) bond motifs is 1. The molecule has 6 N–H and O–H groups in total. The van der Waals surface area contributed by atoms with Crippen LogP contribution in [-0.2, 0) is 24.1 Å². The first-order valence-corrected chi connectivity index (χ1v) is 16.4. The van der Waals surface area contributed by atoms with Gasteiger partial charge >= 0.3 is 0 Å². The molecule has 1 heterocycles. The van der Waals surface area contributed by atoms with Crippen LogP contribution < -0.4 is 15.8 Å². The number of carbonyl (C=O) groups excluding carboxylic acids is 1. The number of hydrogen-bond donors (Lipinski definition) is 5. The Hall–Kier alpha value is -5.01. The van der Waals surface area contributed by atoms with Gasteiger partial charge in [0, 0.05) is 24.8 Å². The minimum atomic E-state index is -0.266. The van der Waals surface area contributed by atoms with Crippen molar-refractivity contribution < 1.29 is 24.9 Å². The molecule has 0 aliphatic carbocycles. The van der Waals surface area contributed by atoms with Crippen molar-refractivity contribution in [2.45, 2.75) is 64.5 Å². The molecule has 0 aromatic heterocycles. The molecule has 5 rings (SSSR count). The summed E-state index contributed by atoms with van der Waals surface area (Å²) in [6, 6.07) is 21.9. The highest BCUT2D eigenvalue weighted by atomic mass is 16.5. The number of carbonyl (C=O) groups is 1. The number of benzene rings is 4. The zero-order chi connectivity index (χ0) is 33.2. The average molecular weight is 633 g/mol. The van der Waals surface area contributed by atoms with Crippen molar-refractivity contribution in [2.24, 2.45) is 5.73 Å². The molecule has 0 unspecified atom stereocenters. The topological polar surface area (TPSA) is 125 Å². The molecular formula is C40H44N2O5. The molecule has 0 bridgehead atoms. The lowest BCUT2D eigenvalue weighted by Crippen LogP contribution is -2.27. The Balaban J connectivity index is 1.32. The SMILES string of the molecule is CCCCC/C=C/C(=O)CCc1ccc(O)c(OCCc2ccc(O)c(Cc3ccc4c(c3)C=CN[C@@H]4N)c2-c2ccc(O)cc2)c1. The Bertz CT molecular complexity index is 1740. The molecular weight excluding hydrogens is 588 g/mol. The second-order valence-electron chi connectivity index (χ2n) is 12.0. The van der Waals surface area contributed by atoms with E-state index < -0.39 is 0 Å². The molecule has 4 aromatic carbocycles. The number of allylic oxidation sites excluding steroid dienone is 2. The van der Waals surface area contributed by atoms with Gasteiger partial charge in [-0.15, -0.1) is 0 Å². The van der Waals surface area contributed by atoms with E-state index in [1.807, 2.05) is 54.8 Å². The fourth-order valence-electron chi connectivity index (χ4n) is 5.94. The molecule has 244 valence electrons. The van der Waals surface area contributed by atoms with E-state index in [1.165, 1.54) is 6.42 Å². The normalized spacial score (nSPS) is 13.8. The lowest BCUT2D eigenvalue weighted by molar-refractivity contribution is -0.114. The van der Waals surface area contributed by atoms with Gasteiger partial charge in [0.05, 0.1) is 6.61 Å². The Kier molecular flexibility index (Phi) is 11.4. The number of rotatable bonds is 15. The van der Waals surface area contributed by atoms with Crippen molar-refractivity contribution in [3.63, 3.8) is 0 Å². The van der Waals surface area contributed by atoms with Crippen LogP contribution in [-0.4, -0.2) is 27.7 Å². The Morgan fingerprint density at radius 2 is 1.70 bits per heavy atom. The largest absolute Gasteiger partial charge is 0.508 e. The zero-order valence-electron chi connectivity index (χ0n) is 26.9. The van der Waals surface area contributed by atoms with Gasteiger partial charge in [-0.2, -0.15) is 0 Å². The predicted octanol–water partition coefficient (Wildman–Crippen LogP) is 7.85. The van der Waals surface area contributed by atoms with Crippen LogP contribution in [0, 0.1) is 0 Å². The summed E-state index contributed by atoms with van der Waals surface area (Å²) in [5.41, 5.74) is 13.7. The van der Waals surface area contributed by atoms with E-state index in [4.69, 9.17) is 10.5 Å². The average Bonchev–Trinajstić information content (AvgIpc) is 3.07. The molecule has 1 aliphatic rings. The number of nitrogens with two attached hydrogens (primary N) is 1. The Labute approximate surface area is 277 Å². The summed E-state index contributed by atoms with van der Waals surface area (Å²) in [5.74, 6) is 0.837. The van der Waals surface area contributed by atoms with Crippen LogP contribution >= 0.6 is 0 Å². The first kappa shape index (κ1) is 33.4. The quantitative estimate of drug-likeness (QED) is 0.0668. The van der Waals surface area contributed by atoms with Crippen molar-refractivity contribution in [2.75, 3.05) is 6.61 Å². The third kappa shape index (κ3) is 8.83. The molecule has 7 heteroatoms. The monoisotopic (exact) mass is 632 g/mol. The summed E-state index contributed by atoms with van der Waals surface area (Å²) >= 11 is 0. The third-order valence-corrected chi connectivity index (χ3v) is 8.53. The fraction of sp³-hybridized carbons (Fsp3) is 0.275. The summed E-state index contributed by atoms with van der Waals surface area (Å²) in [7, 11) is 0. The van der Waals surface area contributed by atoms with Crippen LogP contribution in [0.2, 0.25) is 0 Å². The zero-order valence-corrected chi connectivity index (χ0v) is 26.9. The number of aryl methyl sites for hydroxylation is 1. The maximum atomic E-state index is 12.3. The van der Waals surface area contributed by atoms with Crippen molar-refractivity contribution in [3.8, 4) is 34.1 Å². The molecule has 0 amide bonds. The molecule has 0 saturated heterocycles. The highest BCUT2D eigenvalue weighted by Crippen LogP contribution is 2.37. The number of ether oxygens (including phenoxy) is 1. The van der Waals surface area contributed by atoms with Gasteiger partial charge < -0.3 is 31.1 Å². The van der Waals surface area contributed by atoms with Crippen molar-refractivity contribution in [1.82, 2.24) is 5.32 Å². The van der Waals surface area contributed by atoms with Crippen molar-refractivity contribution in [3.05, 3.63) is 125 Å². The van der Waals surface area contributed by atoms with E-state index in [1.54, 1.807) is 36.4 Å². The van der Waals surface area contributed by atoms with Gasteiger partial charge in [0.2, 0.25) is 0 Å². The van der Waals surface area contributed by atoms with E-state index >= 15 is 0 Å². The highest BCUT2D eigenvalue weighted by molar-refractivity contribution is 5.89. The lowest BCUT2D eigenvalue weighted by atomic mass is 9.88. The van der Waals surface area contributed by atoms with Crippen molar-refractivity contribution >= 4 is 11.9 Å². The van der Waals surface area contributed by atoms with E-state index in [0.29, 0.717) is 31.4 Å². The first-order valence-electron chi connectivity index (χ1n) is 16.4. The summed E-state index contributed by atoms with van der Waals surface area (Å²) in [5, 5.41) is 34.7. The molecule has 1 aliphatic heterocycles. The van der Waals surface area contributed by atoms with Crippen LogP contribution in [0.1, 0.15) is 78.6 Å². The van der Waals surface area contributed by atoms with Gasteiger partial charge in [-0.25, -0.2) is 0 Å². The molecule has 47 heavy (non-hydrogen) atoms.